The third-order valence-corrected chi connectivity index (χ3v) is 3.65. The molecule has 0 aromatic heterocycles. The molecular weight excluding hydrogens is 235 g/mol. The molecule has 0 aliphatic heterocycles. The minimum atomic E-state index is -0.270. The van der Waals surface area contributed by atoms with Gasteiger partial charge in [-0.15, -0.1) is 0 Å². The second kappa shape index (κ2) is 7.11. The van der Waals surface area contributed by atoms with Crippen LogP contribution < -0.4 is 5.46 Å². The summed E-state index contributed by atoms with van der Waals surface area (Å²) in [6, 6.07) is 4.62. The minimum absolute atomic E-state index is 0.270. The van der Waals surface area contributed by atoms with Gasteiger partial charge in [0.1, 0.15) is 0 Å². The van der Waals surface area contributed by atoms with Crippen molar-refractivity contribution in [1.29, 1.82) is 0 Å². The Hall–Kier alpha value is -0.795. The van der Waals surface area contributed by atoms with Gasteiger partial charge in [0, 0.05) is 14.2 Å². The summed E-state index contributed by atoms with van der Waals surface area (Å²) < 4.78 is 11.0. The van der Waals surface area contributed by atoms with Gasteiger partial charge in [0.2, 0.25) is 0 Å². The fraction of sp³-hybridized carbons (Fsp3) is 0.625. The molecule has 0 spiro atoms. The quantitative estimate of drug-likeness (QED) is 0.731. The van der Waals surface area contributed by atoms with Gasteiger partial charge in [-0.3, -0.25) is 0 Å². The molecule has 0 bridgehead atoms. The lowest BCUT2D eigenvalue weighted by atomic mass is 9.69. The van der Waals surface area contributed by atoms with Crippen LogP contribution in [0.2, 0.25) is 0 Å². The zero-order valence-electron chi connectivity index (χ0n) is 13.4. The summed E-state index contributed by atoms with van der Waals surface area (Å²) in [6.07, 6.45) is 0.999. The maximum Gasteiger partial charge on any atom is 0.494 e. The number of aryl methyl sites for hydroxylation is 1. The highest BCUT2D eigenvalue weighted by Gasteiger charge is 2.26. The first-order valence-electron chi connectivity index (χ1n) is 7.18. The lowest BCUT2D eigenvalue weighted by Crippen LogP contribution is -2.40. The topological polar surface area (TPSA) is 18.5 Å². The predicted octanol–water partition coefficient (Wildman–Crippen LogP) is 3.48. The Morgan fingerprint density at radius 3 is 1.95 bits per heavy atom. The molecule has 0 amide bonds. The van der Waals surface area contributed by atoms with Gasteiger partial charge >= 0.3 is 7.12 Å². The van der Waals surface area contributed by atoms with Gasteiger partial charge in [-0.25, -0.2) is 0 Å². The molecule has 0 radical (unpaired) electrons. The van der Waals surface area contributed by atoms with Crippen LogP contribution in [0.15, 0.2) is 12.1 Å². The second-order valence-electron chi connectivity index (χ2n) is 5.65. The summed E-state index contributed by atoms with van der Waals surface area (Å²) in [7, 11) is 3.14. The highest BCUT2D eigenvalue weighted by molar-refractivity contribution is 6.62. The van der Waals surface area contributed by atoms with E-state index in [2.05, 4.69) is 46.8 Å². The van der Waals surface area contributed by atoms with E-state index in [9.17, 15) is 0 Å². The van der Waals surface area contributed by atoms with Crippen molar-refractivity contribution in [2.75, 3.05) is 14.2 Å². The zero-order valence-corrected chi connectivity index (χ0v) is 13.4. The van der Waals surface area contributed by atoms with Crippen LogP contribution in [0.1, 0.15) is 63.1 Å². The van der Waals surface area contributed by atoms with E-state index in [-0.39, 0.29) is 7.12 Å². The molecular formula is C16H27BO2. The Kier molecular flexibility index (Phi) is 6.09. The first-order valence-corrected chi connectivity index (χ1v) is 7.18. The van der Waals surface area contributed by atoms with Gasteiger partial charge in [-0.05, 0) is 40.4 Å². The monoisotopic (exact) mass is 262 g/mol. The van der Waals surface area contributed by atoms with Crippen LogP contribution in [0.25, 0.3) is 0 Å². The van der Waals surface area contributed by atoms with Crippen LogP contribution in [0.5, 0.6) is 0 Å². The molecule has 0 fully saturated rings. The Morgan fingerprint density at radius 1 is 1.00 bits per heavy atom. The van der Waals surface area contributed by atoms with E-state index in [1.807, 2.05) is 0 Å². The van der Waals surface area contributed by atoms with Crippen molar-refractivity contribution in [2.24, 2.45) is 0 Å². The van der Waals surface area contributed by atoms with Gasteiger partial charge in [0.05, 0.1) is 0 Å². The second-order valence-corrected chi connectivity index (χ2v) is 5.65. The fourth-order valence-corrected chi connectivity index (χ4v) is 2.49. The van der Waals surface area contributed by atoms with Gasteiger partial charge in [-0.2, -0.15) is 0 Å². The highest BCUT2D eigenvalue weighted by atomic mass is 16.6. The Balaban J connectivity index is 3.48. The maximum atomic E-state index is 5.50. The zero-order chi connectivity index (χ0) is 14.6. The summed E-state index contributed by atoms with van der Waals surface area (Å²) in [5.74, 6) is 1.01. The van der Waals surface area contributed by atoms with E-state index >= 15 is 0 Å². The van der Waals surface area contributed by atoms with Gasteiger partial charge in [0.15, 0.2) is 0 Å². The minimum Gasteiger partial charge on any atom is -0.410 e. The van der Waals surface area contributed by atoms with Crippen molar-refractivity contribution in [3.05, 3.63) is 28.8 Å². The molecule has 0 unspecified atom stereocenters. The molecule has 0 heterocycles. The average Bonchev–Trinajstić information content (AvgIpc) is 2.39. The first-order chi connectivity index (χ1) is 8.96. The van der Waals surface area contributed by atoms with E-state index in [4.69, 9.17) is 9.31 Å². The van der Waals surface area contributed by atoms with Crippen molar-refractivity contribution < 1.29 is 9.31 Å². The molecule has 19 heavy (non-hydrogen) atoms. The first kappa shape index (κ1) is 16.3. The molecule has 1 aromatic carbocycles. The summed E-state index contributed by atoms with van der Waals surface area (Å²) in [6.45, 7) is 11.1. The summed E-state index contributed by atoms with van der Waals surface area (Å²) in [4.78, 5) is 0. The predicted molar refractivity (Wildman–Crippen MR) is 83.4 cm³/mol. The largest absolute Gasteiger partial charge is 0.494 e. The molecule has 106 valence electrons. The van der Waals surface area contributed by atoms with Crippen LogP contribution in [-0.2, 0) is 15.7 Å². The summed E-state index contributed by atoms with van der Waals surface area (Å²) in [5.41, 5.74) is 5.29. The Labute approximate surface area is 118 Å². The third-order valence-electron chi connectivity index (χ3n) is 3.65. The van der Waals surface area contributed by atoms with Crippen LogP contribution >= 0.6 is 0 Å². The van der Waals surface area contributed by atoms with Crippen molar-refractivity contribution in [2.45, 2.75) is 52.9 Å². The van der Waals surface area contributed by atoms with Crippen molar-refractivity contribution in [1.82, 2.24) is 0 Å². The molecule has 0 atom stereocenters. The molecule has 0 saturated carbocycles. The molecule has 0 N–H and O–H groups in total. The van der Waals surface area contributed by atoms with E-state index in [0.29, 0.717) is 11.8 Å². The average molecular weight is 262 g/mol. The molecule has 1 aromatic rings. The van der Waals surface area contributed by atoms with Gasteiger partial charge < -0.3 is 9.31 Å². The van der Waals surface area contributed by atoms with E-state index in [0.717, 1.165) is 6.42 Å². The van der Waals surface area contributed by atoms with E-state index in [1.165, 1.54) is 22.2 Å². The molecule has 2 nitrogen and oxygen atoms in total. The summed E-state index contributed by atoms with van der Waals surface area (Å²) in [5, 5.41) is 0. The van der Waals surface area contributed by atoms with Crippen LogP contribution in [0.3, 0.4) is 0 Å². The van der Waals surface area contributed by atoms with Crippen molar-refractivity contribution in [3.8, 4) is 0 Å². The van der Waals surface area contributed by atoms with Crippen LogP contribution in [-0.4, -0.2) is 21.3 Å². The highest BCUT2D eigenvalue weighted by Crippen LogP contribution is 2.23. The molecule has 0 aliphatic carbocycles. The molecule has 1 rings (SSSR count). The molecule has 3 heteroatoms. The fourth-order valence-electron chi connectivity index (χ4n) is 2.49. The van der Waals surface area contributed by atoms with Crippen LogP contribution in [0, 0.1) is 0 Å². The van der Waals surface area contributed by atoms with E-state index < -0.39 is 0 Å². The van der Waals surface area contributed by atoms with Crippen molar-refractivity contribution >= 4 is 12.6 Å². The number of rotatable bonds is 6. The summed E-state index contributed by atoms with van der Waals surface area (Å²) >= 11 is 0. The number of hydrogen-bond acceptors (Lipinski definition) is 2. The Bertz CT molecular complexity index is 409. The van der Waals surface area contributed by atoms with E-state index in [1.54, 1.807) is 14.2 Å². The van der Waals surface area contributed by atoms with Crippen LogP contribution in [0.4, 0.5) is 0 Å². The van der Waals surface area contributed by atoms with Gasteiger partial charge in [-0.1, -0.05) is 46.8 Å². The SMILES string of the molecule is CCc1cc(C(C)C)cc(C(C)C)c1B(OC)OC. The third kappa shape index (κ3) is 3.61. The molecule has 0 aliphatic rings. The standard InChI is InChI=1S/C16H27BO2/c1-8-13-9-14(11(2)3)10-15(12(4)5)16(13)17(18-6)19-7/h9-12H,8H2,1-7H3. The maximum absolute atomic E-state index is 5.50. The molecule has 0 saturated heterocycles. The van der Waals surface area contributed by atoms with Gasteiger partial charge in [0.25, 0.3) is 0 Å². The smallest absolute Gasteiger partial charge is 0.410 e. The number of benzene rings is 1. The Morgan fingerprint density at radius 2 is 1.58 bits per heavy atom. The lowest BCUT2D eigenvalue weighted by Gasteiger charge is -2.22. The lowest BCUT2D eigenvalue weighted by molar-refractivity contribution is 0.291. The normalized spacial score (nSPS) is 11.4. The van der Waals surface area contributed by atoms with Crippen molar-refractivity contribution in [3.63, 3.8) is 0 Å². The number of hydrogen-bond donors (Lipinski definition) is 0.